The van der Waals surface area contributed by atoms with Crippen LogP contribution in [0.5, 0.6) is 0 Å². The van der Waals surface area contributed by atoms with Gasteiger partial charge in [0.2, 0.25) is 0 Å². The summed E-state index contributed by atoms with van der Waals surface area (Å²) in [6, 6.07) is 1.98. The molecule has 2 rings (SSSR count). The van der Waals surface area contributed by atoms with Gasteiger partial charge >= 0.3 is 0 Å². The van der Waals surface area contributed by atoms with Crippen LogP contribution in [0.15, 0.2) is 12.3 Å². The minimum absolute atomic E-state index is 0.298. The molecule has 1 aromatic rings. The third-order valence-corrected chi connectivity index (χ3v) is 4.13. The zero-order valence-electron chi connectivity index (χ0n) is 11.0. The molecule has 1 heterocycles. The SMILES string of the molecule is CC1CCCC(N(C)c2ncc(F)cc2CCl)C1. The monoisotopic (exact) mass is 270 g/mol. The van der Waals surface area contributed by atoms with Gasteiger partial charge in [0, 0.05) is 18.7 Å². The van der Waals surface area contributed by atoms with Gasteiger partial charge in [0.25, 0.3) is 0 Å². The number of hydrogen-bond acceptors (Lipinski definition) is 2. The fourth-order valence-electron chi connectivity index (χ4n) is 2.82. The van der Waals surface area contributed by atoms with Gasteiger partial charge in [-0.05, 0) is 24.8 Å². The van der Waals surface area contributed by atoms with Crippen LogP contribution in [-0.2, 0) is 5.88 Å². The molecule has 0 saturated heterocycles. The predicted molar refractivity (Wildman–Crippen MR) is 73.6 cm³/mol. The van der Waals surface area contributed by atoms with Crippen molar-refractivity contribution < 1.29 is 4.39 Å². The Labute approximate surface area is 113 Å². The minimum Gasteiger partial charge on any atom is -0.356 e. The third kappa shape index (κ3) is 2.94. The number of aromatic nitrogens is 1. The molecule has 0 spiro atoms. The summed E-state index contributed by atoms with van der Waals surface area (Å²) in [6.07, 6.45) is 6.20. The molecule has 100 valence electrons. The van der Waals surface area contributed by atoms with Crippen molar-refractivity contribution in [3.63, 3.8) is 0 Å². The first kappa shape index (κ1) is 13.6. The molecule has 2 atom stereocenters. The minimum atomic E-state index is -0.320. The van der Waals surface area contributed by atoms with Gasteiger partial charge in [-0.15, -0.1) is 11.6 Å². The van der Waals surface area contributed by atoms with E-state index in [1.165, 1.54) is 37.9 Å². The molecule has 0 N–H and O–H groups in total. The first-order chi connectivity index (χ1) is 8.61. The van der Waals surface area contributed by atoms with E-state index in [-0.39, 0.29) is 5.82 Å². The lowest BCUT2D eigenvalue weighted by atomic mass is 9.86. The second kappa shape index (κ2) is 5.87. The zero-order chi connectivity index (χ0) is 13.1. The standard InChI is InChI=1S/C14H20ClFN2/c1-10-4-3-5-13(6-10)18(2)14-11(8-15)7-12(16)9-17-14/h7,9-10,13H,3-6,8H2,1-2H3. The molecule has 0 radical (unpaired) electrons. The summed E-state index contributed by atoms with van der Waals surface area (Å²) < 4.78 is 13.2. The van der Waals surface area contributed by atoms with Gasteiger partial charge in [0.15, 0.2) is 0 Å². The Morgan fingerprint density at radius 1 is 1.50 bits per heavy atom. The van der Waals surface area contributed by atoms with Crippen molar-refractivity contribution in [2.75, 3.05) is 11.9 Å². The molecule has 1 saturated carbocycles. The average molecular weight is 271 g/mol. The van der Waals surface area contributed by atoms with Crippen molar-refractivity contribution in [1.82, 2.24) is 4.98 Å². The fourth-order valence-corrected chi connectivity index (χ4v) is 3.01. The van der Waals surface area contributed by atoms with Gasteiger partial charge in [0.1, 0.15) is 11.6 Å². The summed E-state index contributed by atoms with van der Waals surface area (Å²) in [7, 11) is 2.04. The van der Waals surface area contributed by atoms with E-state index < -0.39 is 0 Å². The maximum absolute atomic E-state index is 13.2. The first-order valence-electron chi connectivity index (χ1n) is 6.55. The van der Waals surface area contributed by atoms with E-state index in [1.54, 1.807) is 0 Å². The summed E-state index contributed by atoms with van der Waals surface area (Å²) >= 11 is 5.88. The van der Waals surface area contributed by atoms with Crippen molar-refractivity contribution in [2.24, 2.45) is 5.92 Å². The highest BCUT2D eigenvalue weighted by molar-refractivity contribution is 6.17. The average Bonchev–Trinajstić information content (AvgIpc) is 2.37. The number of alkyl halides is 1. The van der Waals surface area contributed by atoms with Crippen LogP contribution in [0.2, 0.25) is 0 Å². The first-order valence-corrected chi connectivity index (χ1v) is 7.08. The van der Waals surface area contributed by atoms with Crippen molar-refractivity contribution in [1.29, 1.82) is 0 Å². The number of nitrogens with zero attached hydrogens (tertiary/aromatic N) is 2. The summed E-state index contributed by atoms with van der Waals surface area (Å²) in [4.78, 5) is 6.39. The lowest BCUT2D eigenvalue weighted by Gasteiger charge is -2.35. The van der Waals surface area contributed by atoms with Crippen LogP contribution in [0, 0.1) is 11.7 Å². The maximum atomic E-state index is 13.2. The lowest BCUT2D eigenvalue weighted by molar-refractivity contribution is 0.335. The Bertz CT molecular complexity index is 411. The van der Waals surface area contributed by atoms with E-state index in [9.17, 15) is 4.39 Å². The fraction of sp³-hybridized carbons (Fsp3) is 0.643. The molecular weight excluding hydrogens is 251 g/mol. The van der Waals surface area contributed by atoms with Crippen molar-refractivity contribution >= 4 is 17.4 Å². The van der Waals surface area contributed by atoms with Crippen LogP contribution in [0.25, 0.3) is 0 Å². The molecule has 1 aliphatic rings. The molecule has 0 aliphatic heterocycles. The van der Waals surface area contributed by atoms with E-state index in [1.807, 2.05) is 7.05 Å². The topological polar surface area (TPSA) is 16.1 Å². The predicted octanol–water partition coefficient (Wildman–Crippen LogP) is 3.97. The third-order valence-electron chi connectivity index (χ3n) is 3.84. The van der Waals surface area contributed by atoms with Crippen LogP contribution in [-0.4, -0.2) is 18.1 Å². The number of halogens is 2. The Morgan fingerprint density at radius 3 is 2.94 bits per heavy atom. The molecule has 1 aliphatic carbocycles. The largest absolute Gasteiger partial charge is 0.356 e. The maximum Gasteiger partial charge on any atom is 0.141 e. The van der Waals surface area contributed by atoms with Gasteiger partial charge in [-0.1, -0.05) is 19.8 Å². The molecule has 0 bridgehead atoms. The lowest BCUT2D eigenvalue weighted by Crippen LogP contribution is -2.36. The molecule has 0 aromatic carbocycles. The molecule has 2 nitrogen and oxygen atoms in total. The highest BCUT2D eigenvalue weighted by atomic mass is 35.5. The molecule has 1 aromatic heterocycles. The molecule has 2 unspecified atom stereocenters. The highest BCUT2D eigenvalue weighted by Gasteiger charge is 2.24. The van der Waals surface area contributed by atoms with E-state index in [0.29, 0.717) is 11.9 Å². The van der Waals surface area contributed by atoms with Gasteiger partial charge < -0.3 is 4.90 Å². The van der Waals surface area contributed by atoms with Gasteiger partial charge in [-0.3, -0.25) is 0 Å². The molecule has 1 fully saturated rings. The van der Waals surface area contributed by atoms with Crippen LogP contribution in [0.1, 0.15) is 38.2 Å². The van der Waals surface area contributed by atoms with E-state index in [2.05, 4.69) is 16.8 Å². The van der Waals surface area contributed by atoms with Crippen LogP contribution < -0.4 is 4.90 Å². The van der Waals surface area contributed by atoms with Crippen molar-refractivity contribution in [2.45, 2.75) is 44.5 Å². The van der Waals surface area contributed by atoms with Gasteiger partial charge in [-0.2, -0.15) is 0 Å². The van der Waals surface area contributed by atoms with Crippen LogP contribution in [0.3, 0.4) is 0 Å². The Morgan fingerprint density at radius 2 is 2.28 bits per heavy atom. The molecule has 0 amide bonds. The van der Waals surface area contributed by atoms with Crippen molar-refractivity contribution in [3.8, 4) is 0 Å². The molecule has 18 heavy (non-hydrogen) atoms. The smallest absolute Gasteiger partial charge is 0.141 e. The summed E-state index contributed by atoms with van der Waals surface area (Å²) in [6.45, 7) is 2.29. The quantitative estimate of drug-likeness (QED) is 0.773. The summed E-state index contributed by atoms with van der Waals surface area (Å²) in [5, 5.41) is 0. The second-order valence-corrected chi connectivity index (χ2v) is 5.57. The van der Waals surface area contributed by atoms with Gasteiger partial charge in [-0.25, -0.2) is 9.37 Å². The highest BCUT2D eigenvalue weighted by Crippen LogP contribution is 2.30. The van der Waals surface area contributed by atoms with Crippen LogP contribution >= 0.6 is 11.6 Å². The van der Waals surface area contributed by atoms with E-state index in [4.69, 9.17) is 11.6 Å². The van der Waals surface area contributed by atoms with Gasteiger partial charge in [0.05, 0.1) is 12.1 Å². The normalized spacial score (nSPS) is 24.0. The second-order valence-electron chi connectivity index (χ2n) is 5.31. The molecule has 4 heteroatoms. The summed E-state index contributed by atoms with van der Waals surface area (Å²) in [5.74, 6) is 1.56. The van der Waals surface area contributed by atoms with Crippen molar-refractivity contribution in [3.05, 3.63) is 23.6 Å². The number of hydrogen-bond donors (Lipinski definition) is 0. The molecular formula is C14H20ClFN2. The van der Waals surface area contributed by atoms with Crippen LogP contribution in [0.4, 0.5) is 10.2 Å². The number of rotatable bonds is 3. The number of pyridine rings is 1. The Kier molecular flexibility index (Phi) is 4.44. The zero-order valence-corrected chi connectivity index (χ0v) is 11.8. The Balaban J connectivity index is 2.19. The Hall–Kier alpha value is -0.830. The summed E-state index contributed by atoms with van der Waals surface area (Å²) in [5.41, 5.74) is 0.775. The van der Waals surface area contributed by atoms with E-state index >= 15 is 0 Å². The van der Waals surface area contributed by atoms with E-state index in [0.717, 1.165) is 17.3 Å². The number of anilines is 1.